The van der Waals surface area contributed by atoms with Crippen LogP contribution in [0.2, 0.25) is 0 Å². The normalized spacial score (nSPS) is 19.6. The highest BCUT2D eigenvalue weighted by atomic mass is 14.3. The number of benzene rings is 1. The maximum atomic E-state index is 3.75. The van der Waals surface area contributed by atoms with Crippen molar-refractivity contribution in [2.24, 2.45) is 0 Å². The second-order valence-electron chi connectivity index (χ2n) is 3.94. The quantitative estimate of drug-likeness (QED) is 0.672. The molecule has 0 atom stereocenters. The zero-order valence-electron chi connectivity index (χ0n) is 9.25. The minimum atomic E-state index is 1.17. The Hall–Kier alpha value is -1.04. The summed E-state index contributed by atoms with van der Waals surface area (Å²) in [6.45, 7) is 8.05. The second kappa shape index (κ2) is 4.22. The Morgan fingerprint density at radius 1 is 0.933 bits per heavy atom. The predicted molar refractivity (Wildman–Crippen MR) is 65.3 cm³/mol. The fourth-order valence-corrected chi connectivity index (χ4v) is 1.71. The molecule has 1 aliphatic carbocycles. The van der Waals surface area contributed by atoms with Crippen LogP contribution in [0, 0.1) is 30.6 Å². The first-order valence-corrected chi connectivity index (χ1v) is 5.17. The molecule has 0 unspecified atom stereocenters. The summed E-state index contributed by atoms with van der Waals surface area (Å²) >= 11 is 0. The van der Waals surface area contributed by atoms with Gasteiger partial charge in [-0.15, -0.1) is 0 Å². The van der Waals surface area contributed by atoms with Gasteiger partial charge in [0.1, 0.15) is 0 Å². The van der Waals surface area contributed by atoms with Crippen LogP contribution in [0.25, 0.3) is 6.08 Å². The summed E-state index contributed by atoms with van der Waals surface area (Å²) in [5.74, 6) is 4.02. The molecule has 5 radical (unpaired) electrons. The Morgan fingerprint density at radius 3 is 1.93 bits per heavy atom. The van der Waals surface area contributed by atoms with Gasteiger partial charge in [0, 0.05) is 5.92 Å². The van der Waals surface area contributed by atoms with Crippen molar-refractivity contribution in [2.75, 3.05) is 0 Å². The molecule has 1 aromatic carbocycles. The average Bonchev–Trinajstić information content (AvgIpc) is 2.59. The van der Waals surface area contributed by atoms with Gasteiger partial charge in [0.05, 0.1) is 0 Å². The molecule has 0 N–H and O–H groups in total. The van der Waals surface area contributed by atoms with Crippen molar-refractivity contribution >= 4 is 6.08 Å². The zero-order valence-corrected chi connectivity index (χ0v) is 9.25. The van der Waals surface area contributed by atoms with Gasteiger partial charge < -0.3 is 0 Å². The lowest BCUT2D eigenvalue weighted by atomic mass is 9.95. The Labute approximate surface area is 93.0 Å². The van der Waals surface area contributed by atoms with Crippen molar-refractivity contribution in [3.8, 4) is 0 Å². The van der Waals surface area contributed by atoms with Crippen molar-refractivity contribution in [3.63, 3.8) is 0 Å². The van der Waals surface area contributed by atoms with Crippen LogP contribution in [0.3, 0.4) is 0 Å². The van der Waals surface area contributed by atoms with E-state index in [0.29, 0.717) is 0 Å². The Bertz CT molecular complexity index is 324. The molecule has 0 saturated heterocycles. The predicted octanol–water partition coefficient (Wildman–Crippen LogP) is 3.86. The molecule has 1 aliphatic rings. The van der Waals surface area contributed by atoms with E-state index >= 15 is 0 Å². The first-order chi connectivity index (χ1) is 7.20. The summed E-state index contributed by atoms with van der Waals surface area (Å²) in [6, 6.07) is 8.48. The first kappa shape index (κ1) is 10.5. The van der Waals surface area contributed by atoms with E-state index in [1.165, 1.54) is 28.9 Å². The fraction of sp³-hybridized carbons (Fsp3) is 0.133. The minimum Gasteiger partial charge on any atom is -0.0985 e. The number of hydrogen-bond acceptors (Lipinski definition) is 0. The Morgan fingerprint density at radius 2 is 1.47 bits per heavy atom. The summed E-state index contributed by atoms with van der Waals surface area (Å²) < 4.78 is 0. The van der Waals surface area contributed by atoms with Crippen LogP contribution in [-0.2, 0) is 0 Å². The first-order valence-electron chi connectivity index (χ1n) is 5.17. The highest BCUT2D eigenvalue weighted by molar-refractivity contribution is 5.58. The van der Waals surface area contributed by atoms with E-state index in [0.717, 1.165) is 0 Å². The molecule has 0 heterocycles. The standard InChI is InChI=1S/C15H15/c1-4-13-5-7-14(8-6-13)15-9-11(2)12(3)10-15/h4-10H,1H2,2-3H3. The molecular formula is C15H15. The lowest BCUT2D eigenvalue weighted by Gasteiger charge is -2.08. The van der Waals surface area contributed by atoms with Gasteiger partial charge in [-0.25, -0.2) is 0 Å². The van der Waals surface area contributed by atoms with E-state index in [1.807, 2.05) is 6.08 Å². The third kappa shape index (κ3) is 2.14. The van der Waals surface area contributed by atoms with E-state index in [-0.39, 0.29) is 0 Å². The van der Waals surface area contributed by atoms with Crippen molar-refractivity contribution in [1.82, 2.24) is 0 Å². The van der Waals surface area contributed by atoms with Gasteiger partial charge >= 0.3 is 0 Å². The lowest BCUT2D eigenvalue weighted by Crippen LogP contribution is -1.95. The highest BCUT2D eigenvalue weighted by Gasteiger charge is 2.30. The summed E-state index contributed by atoms with van der Waals surface area (Å²) in [5.41, 5.74) is 2.44. The third-order valence-corrected chi connectivity index (χ3v) is 2.85. The molecular weight excluding hydrogens is 180 g/mol. The summed E-state index contributed by atoms with van der Waals surface area (Å²) in [6.07, 6.45) is 6.34. The molecule has 2 rings (SSSR count). The molecule has 0 heteroatoms. The molecule has 0 aromatic heterocycles. The SMILES string of the molecule is C=Cc1ccc([C]2[CH][C](C)[C](C)[CH]2)cc1. The van der Waals surface area contributed by atoms with Gasteiger partial charge in [0.2, 0.25) is 0 Å². The van der Waals surface area contributed by atoms with Crippen LogP contribution in [0.15, 0.2) is 30.8 Å². The average molecular weight is 195 g/mol. The molecule has 0 amide bonds. The van der Waals surface area contributed by atoms with Crippen LogP contribution in [0.5, 0.6) is 0 Å². The molecule has 75 valence electrons. The number of hydrogen-bond donors (Lipinski definition) is 0. The van der Waals surface area contributed by atoms with Gasteiger partial charge in [0.25, 0.3) is 0 Å². The smallest absolute Gasteiger partial charge is 0.0130 e. The van der Waals surface area contributed by atoms with Gasteiger partial charge in [-0.2, -0.15) is 0 Å². The summed E-state index contributed by atoms with van der Waals surface area (Å²) in [5, 5.41) is 0. The molecule has 15 heavy (non-hydrogen) atoms. The van der Waals surface area contributed by atoms with E-state index in [9.17, 15) is 0 Å². The molecule has 0 nitrogen and oxygen atoms in total. The monoisotopic (exact) mass is 195 g/mol. The van der Waals surface area contributed by atoms with E-state index in [2.05, 4.69) is 57.5 Å². The topological polar surface area (TPSA) is 0 Å². The van der Waals surface area contributed by atoms with E-state index in [4.69, 9.17) is 0 Å². The lowest BCUT2D eigenvalue weighted by molar-refractivity contribution is 1.08. The molecule has 0 aliphatic heterocycles. The maximum absolute atomic E-state index is 3.75. The van der Waals surface area contributed by atoms with Crippen LogP contribution < -0.4 is 0 Å². The maximum Gasteiger partial charge on any atom is 0.0130 e. The summed E-state index contributed by atoms with van der Waals surface area (Å²) in [4.78, 5) is 0. The van der Waals surface area contributed by atoms with Gasteiger partial charge in [-0.3, -0.25) is 0 Å². The number of rotatable bonds is 2. The van der Waals surface area contributed by atoms with Crippen LogP contribution in [-0.4, -0.2) is 0 Å². The highest BCUT2D eigenvalue weighted by Crippen LogP contribution is 2.41. The van der Waals surface area contributed by atoms with Crippen LogP contribution in [0.4, 0.5) is 0 Å². The van der Waals surface area contributed by atoms with Crippen molar-refractivity contribution in [2.45, 2.75) is 13.8 Å². The van der Waals surface area contributed by atoms with Crippen molar-refractivity contribution < 1.29 is 0 Å². The largest absolute Gasteiger partial charge is 0.0985 e. The third-order valence-electron chi connectivity index (χ3n) is 2.85. The Balaban J connectivity index is 2.13. The summed E-state index contributed by atoms with van der Waals surface area (Å²) in [7, 11) is 0. The van der Waals surface area contributed by atoms with E-state index < -0.39 is 0 Å². The van der Waals surface area contributed by atoms with Gasteiger partial charge in [-0.05, 0) is 35.8 Å². The van der Waals surface area contributed by atoms with Crippen molar-refractivity contribution in [1.29, 1.82) is 0 Å². The fourth-order valence-electron chi connectivity index (χ4n) is 1.71. The van der Waals surface area contributed by atoms with E-state index in [1.54, 1.807) is 0 Å². The van der Waals surface area contributed by atoms with Crippen molar-refractivity contribution in [3.05, 3.63) is 72.6 Å². The molecule has 1 fully saturated rings. The molecule has 0 spiro atoms. The zero-order chi connectivity index (χ0) is 10.8. The van der Waals surface area contributed by atoms with Crippen LogP contribution in [0.1, 0.15) is 25.0 Å². The molecule has 1 saturated carbocycles. The molecule has 0 bridgehead atoms. The minimum absolute atomic E-state index is 1.17. The Kier molecular flexibility index (Phi) is 2.95. The van der Waals surface area contributed by atoms with Gasteiger partial charge in [0.15, 0.2) is 0 Å². The van der Waals surface area contributed by atoms with Gasteiger partial charge in [-0.1, -0.05) is 50.8 Å². The molecule has 1 aromatic rings. The second-order valence-corrected chi connectivity index (χ2v) is 3.94. The van der Waals surface area contributed by atoms with Crippen LogP contribution >= 0.6 is 0 Å².